The van der Waals surface area contributed by atoms with E-state index in [0.29, 0.717) is 30.9 Å². The van der Waals surface area contributed by atoms with E-state index >= 15 is 0 Å². The van der Waals surface area contributed by atoms with Gasteiger partial charge in [-0.15, -0.1) is 0 Å². The number of urea groups is 1. The third-order valence-corrected chi connectivity index (χ3v) is 7.30. The monoisotopic (exact) mass is 499 g/mol. The van der Waals surface area contributed by atoms with Gasteiger partial charge in [-0.25, -0.2) is 4.79 Å². The van der Waals surface area contributed by atoms with E-state index in [1.165, 1.54) is 18.6 Å². The summed E-state index contributed by atoms with van der Waals surface area (Å²) in [6, 6.07) is 7.61. The van der Waals surface area contributed by atoms with Gasteiger partial charge in [0.2, 0.25) is 0 Å². The minimum Gasteiger partial charge on any atom is -0.336 e. The number of hydrogen-bond acceptors (Lipinski definition) is 4. The zero-order valence-corrected chi connectivity index (χ0v) is 19.8. The van der Waals surface area contributed by atoms with Crippen LogP contribution < -0.4 is 10.2 Å². The second kappa shape index (κ2) is 9.55. The normalized spacial score (nSPS) is 24.4. The highest BCUT2D eigenvalue weighted by Crippen LogP contribution is 2.38. The summed E-state index contributed by atoms with van der Waals surface area (Å²) in [5.41, 5.74) is -0.912. The molecule has 1 aliphatic carbocycles. The fraction of sp³-hybridized carbons (Fsp3) is 0.462. The molecule has 1 saturated carbocycles. The molecule has 190 valence electrons. The molecule has 3 amide bonds. The highest BCUT2D eigenvalue weighted by molar-refractivity contribution is 6.19. The summed E-state index contributed by atoms with van der Waals surface area (Å²) in [5.74, 6) is 0.193. The molecule has 10 heteroatoms. The van der Waals surface area contributed by atoms with Crippen molar-refractivity contribution >= 4 is 23.5 Å². The molecule has 3 heterocycles. The average Bonchev–Trinajstić information content (AvgIpc) is 3.13. The van der Waals surface area contributed by atoms with Gasteiger partial charge in [-0.05, 0) is 62.1 Å². The van der Waals surface area contributed by atoms with Crippen LogP contribution in [0.2, 0.25) is 0 Å². The number of amides is 3. The quantitative estimate of drug-likeness (QED) is 0.643. The molecule has 3 aliphatic rings. The Labute approximate surface area is 207 Å². The predicted octanol–water partition coefficient (Wildman–Crippen LogP) is 5.04. The van der Waals surface area contributed by atoms with E-state index in [4.69, 9.17) is 4.99 Å². The number of anilines is 1. The highest BCUT2D eigenvalue weighted by Gasteiger charge is 2.54. The van der Waals surface area contributed by atoms with Crippen LogP contribution in [0.4, 0.5) is 23.7 Å². The summed E-state index contributed by atoms with van der Waals surface area (Å²) >= 11 is 0. The lowest BCUT2D eigenvalue weighted by Crippen LogP contribution is -2.61. The molecule has 3 fully saturated rings. The molecule has 2 saturated heterocycles. The van der Waals surface area contributed by atoms with Crippen molar-refractivity contribution in [1.82, 2.24) is 15.2 Å². The first-order valence-corrected chi connectivity index (χ1v) is 12.3. The number of piperidine rings is 1. The Kier molecular flexibility index (Phi) is 6.44. The van der Waals surface area contributed by atoms with E-state index in [1.807, 2.05) is 0 Å². The van der Waals surface area contributed by atoms with Gasteiger partial charge in [0.05, 0.1) is 30.0 Å². The number of pyridine rings is 1. The highest BCUT2D eigenvalue weighted by atomic mass is 19.4. The van der Waals surface area contributed by atoms with Gasteiger partial charge in [0.1, 0.15) is 11.4 Å². The van der Waals surface area contributed by atoms with Gasteiger partial charge in [0, 0.05) is 18.3 Å². The lowest BCUT2D eigenvalue weighted by molar-refractivity contribution is -0.137. The van der Waals surface area contributed by atoms with E-state index in [2.05, 4.69) is 10.3 Å². The number of carbonyl (C=O) groups is 2. The van der Waals surface area contributed by atoms with Crippen LogP contribution in [0.25, 0.3) is 0 Å². The zero-order valence-electron chi connectivity index (χ0n) is 19.8. The van der Waals surface area contributed by atoms with Crippen molar-refractivity contribution in [2.75, 3.05) is 18.0 Å². The fourth-order valence-electron chi connectivity index (χ4n) is 5.54. The molecular weight excluding hydrogens is 471 g/mol. The summed E-state index contributed by atoms with van der Waals surface area (Å²) in [4.78, 5) is 39.1. The number of amidine groups is 1. The molecular formula is C26H28F3N5O2. The SMILES string of the molecule is O=C(c1ccc(C(F)(F)F)cc1)N1CCCC2(C1)C(=NC1CCCCC1)NC(=O)N2c1cccnc1. The lowest BCUT2D eigenvalue weighted by Gasteiger charge is -2.44. The first-order chi connectivity index (χ1) is 17.3. The average molecular weight is 500 g/mol. The molecule has 2 aromatic rings. The Hall–Kier alpha value is -3.43. The topological polar surface area (TPSA) is 77.9 Å². The number of aliphatic imine (C=N–C) groups is 1. The minimum atomic E-state index is -4.47. The van der Waals surface area contributed by atoms with Crippen LogP contribution in [0.3, 0.4) is 0 Å². The van der Waals surface area contributed by atoms with Crippen LogP contribution in [-0.4, -0.2) is 52.3 Å². The zero-order chi connectivity index (χ0) is 25.3. The molecule has 1 atom stereocenters. The van der Waals surface area contributed by atoms with Gasteiger partial charge in [0.25, 0.3) is 5.91 Å². The van der Waals surface area contributed by atoms with Crippen molar-refractivity contribution in [3.8, 4) is 0 Å². The summed E-state index contributed by atoms with van der Waals surface area (Å²) < 4.78 is 39.0. The lowest BCUT2D eigenvalue weighted by atomic mass is 9.85. The molecule has 1 unspecified atom stereocenters. The Balaban J connectivity index is 1.49. The van der Waals surface area contributed by atoms with Gasteiger partial charge in [-0.2, -0.15) is 13.2 Å². The summed E-state index contributed by atoms with van der Waals surface area (Å²) in [5, 5.41) is 2.98. The van der Waals surface area contributed by atoms with Crippen molar-refractivity contribution < 1.29 is 22.8 Å². The molecule has 1 aromatic heterocycles. The number of nitrogens with zero attached hydrogens (tertiary/aromatic N) is 4. The smallest absolute Gasteiger partial charge is 0.336 e. The van der Waals surface area contributed by atoms with E-state index in [0.717, 1.165) is 37.8 Å². The van der Waals surface area contributed by atoms with Crippen molar-refractivity contribution in [2.45, 2.75) is 62.7 Å². The molecule has 2 aliphatic heterocycles. The van der Waals surface area contributed by atoms with Gasteiger partial charge < -0.3 is 4.90 Å². The summed E-state index contributed by atoms with van der Waals surface area (Å²) in [6.07, 6.45) is 5.25. The van der Waals surface area contributed by atoms with Crippen LogP contribution in [0.5, 0.6) is 0 Å². The van der Waals surface area contributed by atoms with E-state index in [-0.39, 0.29) is 30.1 Å². The number of rotatable bonds is 3. The third kappa shape index (κ3) is 4.56. The van der Waals surface area contributed by atoms with Gasteiger partial charge >= 0.3 is 12.2 Å². The first kappa shape index (κ1) is 24.3. The van der Waals surface area contributed by atoms with Crippen molar-refractivity contribution in [2.24, 2.45) is 4.99 Å². The Bertz CT molecular complexity index is 1150. The first-order valence-electron chi connectivity index (χ1n) is 12.3. The van der Waals surface area contributed by atoms with E-state index in [9.17, 15) is 22.8 Å². The van der Waals surface area contributed by atoms with E-state index < -0.39 is 17.3 Å². The maximum Gasteiger partial charge on any atom is 0.416 e. The Morgan fingerprint density at radius 1 is 1.08 bits per heavy atom. The summed E-state index contributed by atoms with van der Waals surface area (Å²) in [6.45, 7) is 0.624. The molecule has 7 nitrogen and oxygen atoms in total. The van der Waals surface area contributed by atoms with Crippen molar-refractivity contribution in [1.29, 1.82) is 0 Å². The van der Waals surface area contributed by atoms with Crippen molar-refractivity contribution in [3.63, 3.8) is 0 Å². The number of hydrogen-bond donors (Lipinski definition) is 1. The molecule has 0 bridgehead atoms. The van der Waals surface area contributed by atoms with E-state index in [1.54, 1.807) is 34.3 Å². The van der Waals surface area contributed by atoms with Gasteiger partial charge in [0.15, 0.2) is 0 Å². The molecule has 1 N–H and O–H groups in total. The number of alkyl halides is 3. The standard InChI is InChI=1S/C26H28F3N5O2/c27-26(28,29)19-11-9-18(10-12-19)22(35)33-15-5-13-25(17-33)23(31-20-6-2-1-3-7-20)32-24(36)34(25)21-8-4-14-30-16-21/h4,8-12,14,16,20H,1-3,5-7,13,15,17H2,(H,31,32,36). The maximum absolute atomic E-state index is 13.4. The number of carbonyl (C=O) groups excluding carboxylic acids is 2. The maximum atomic E-state index is 13.4. The summed E-state index contributed by atoms with van der Waals surface area (Å²) in [7, 11) is 0. The minimum absolute atomic E-state index is 0.112. The van der Waals surface area contributed by atoms with Crippen LogP contribution in [0, 0.1) is 0 Å². The van der Waals surface area contributed by atoms with Gasteiger partial charge in [-0.3, -0.25) is 25.0 Å². The molecule has 5 rings (SSSR count). The second-order valence-electron chi connectivity index (χ2n) is 9.68. The molecule has 0 radical (unpaired) electrons. The Morgan fingerprint density at radius 2 is 1.83 bits per heavy atom. The second-order valence-corrected chi connectivity index (χ2v) is 9.68. The number of halogens is 3. The van der Waals surface area contributed by atoms with Crippen LogP contribution >= 0.6 is 0 Å². The number of aromatic nitrogens is 1. The molecule has 1 aromatic carbocycles. The number of benzene rings is 1. The third-order valence-electron chi connectivity index (χ3n) is 7.30. The van der Waals surface area contributed by atoms with Crippen molar-refractivity contribution in [3.05, 3.63) is 59.9 Å². The number of nitrogens with one attached hydrogen (secondary N) is 1. The van der Waals surface area contributed by atoms with Gasteiger partial charge in [-0.1, -0.05) is 19.3 Å². The Morgan fingerprint density at radius 3 is 2.50 bits per heavy atom. The molecule has 36 heavy (non-hydrogen) atoms. The van der Waals surface area contributed by atoms with Crippen LogP contribution in [0.1, 0.15) is 60.9 Å². The largest absolute Gasteiger partial charge is 0.416 e. The van der Waals surface area contributed by atoms with Crippen LogP contribution in [-0.2, 0) is 6.18 Å². The number of likely N-dealkylation sites (tertiary alicyclic amines) is 1. The fourth-order valence-corrected chi connectivity index (χ4v) is 5.54. The predicted molar refractivity (Wildman–Crippen MR) is 129 cm³/mol. The van der Waals surface area contributed by atoms with Crippen LogP contribution in [0.15, 0.2) is 53.8 Å². The molecule has 1 spiro atoms.